The molecule has 2 nitrogen and oxygen atoms in total. The molecule has 0 amide bonds. The van der Waals surface area contributed by atoms with Crippen LogP contribution in [-0.2, 0) is 0 Å². The number of benzene rings is 1. The topological polar surface area (TPSA) is 38.9 Å². The van der Waals surface area contributed by atoms with Crippen LogP contribution < -0.4 is 5.73 Å². The summed E-state index contributed by atoms with van der Waals surface area (Å²) in [6, 6.07) is 7.41. The minimum absolute atomic E-state index is 0.138. The molecule has 2 rings (SSSR count). The number of rotatable bonds is 1. The second-order valence-corrected chi connectivity index (χ2v) is 21.3. The average molecular weight is 518 g/mol. The van der Waals surface area contributed by atoms with Gasteiger partial charge in [0.25, 0.3) is 0 Å². The van der Waals surface area contributed by atoms with Crippen molar-refractivity contribution >= 4 is 86.2 Å². The van der Waals surface area contributed by atoms with Gasteiger partial charge in [-0.25, -0.2) is 4.98 Å². The molecule has 0 unspecified atom stereocenters. The van der Waals surface area contributed by atoms with Gasteiger partial charge in [-0.1, -0.05) is 23.6 Å². The minimum Gasteiger partial charge on any atom is -0.384 e. The Bertz CT molecular complexity index is 655. The van der Waals surface area contributed by atoms with Crippen molar-refractivity contribution in [3.05, 3.63) is 34.9 Å². The SMILES string of the molecule is Nc1cc(Cl)c2c(C#CSP(I)I)cccc2n1. The van der Waals surface area contributed by atoms with E-state index in [1.807, 2.05) is 18.2 Å². The van der Waals surface area contributed by atoms with E-state index in [4.69, 9.17) is 17.3 Å². The number of hydrogen-bond acceptors (Lipinski definition) is 3. The molecule has 0 atom stereocenters. The smallest absolute Gasteiger partial charge is 0.125 e. The molecule has 0 fully saturated rings. The van der Waals surface area contributed by atoms with Gasteiger partial charge >= 0.3 is 0 Å². The van der Waals surface area contributed by atoms with Gasteiger partial charge in [0.2, 0.25) is 0 Å². The van der Waals surface area contributed by atoms with Crippen molar-refractivity contribution in [2.75, 3.05) is 5.73 Å². The summed E-state index contributed by atoms with van der Waals surface area (Å²) in [7, 11) is 0. The lowest BCUT2D eigenvalue weighted by atomic mass is 10.1. The summed E-state index contributed by atoms with van der Waals surface area (Å²) in [4.78, 5) is 4.26. The van der Waals surface area contributed by atoms with E-state index in [2.05, 4.69) is 60.2 Å². The van der Waals surface area contributed by atoms with Crippen LogP contribution in [0.25, 0.3) is 10.9 Å². The lowest BCUT2D eigenvalue weighted by molar-refractivity contribution is 1.41. The summed E-state index contributed by atoms with van der Waals surface area (Å²) in [5.41, 5.74) is 7.35. The zero-order valence-electron chi connectivity index (χ0n) is 8.82. The fourth-order valence-electron chi connectivity index (χ4n) is 1.47. The monoisotopic (exact) mass is 518 g/mol. The van der Waals surface area contributed by atoms with Crippen LogP contribution in [0.2, 0.25) is 5.02 Å². The third kappa shape index (κ3) is 3.76. The summed E-state index contributed by atoms with van der Waals surface area (Å²) in [5, 5.41) is 4.56. The van der Waals surface area contributed by atoms with E-state index in [0.29, 0.717) is 10.8 Å². The molecule has 0 aliphatic carbocycles. The van der Waals surface area contributed by atoms with Gasteiger partial charge < -0.3 is 5.73 Å². The summed E-state index contributed by atoms with van der Waals surface area (Å²) in [6.45, 7) is 0. The van der Waals surface area contributed by atoms with Crippen molar-refractivity contribution in [2.45, 2.75) is 0 Å². The number of anilines is 1. The minimum atomic E-state index is -0.138. The number of nitrogens with two attached hydrogens (primary N) is 1. The molecule has 1 aromatic heterocycles. The van der Waals surface area contributed by atoms with Crippen molar-refractivity contribution in [1.29, 1.82) is 0 Å². The Morgan fingerprint density at radius 1 is 1.39 bits per heavy atom. The number of pyridine rings is 1. The highest BCUT2D eigenvalue weighted by Crippen LogP contribution is 2.64. The zero-order chi connectivity index (χ0) is 13.1. The highest BCUT2D eigenvalue weighted by molar-refractivity contribution is 14.3. The van der Waals surface area contributed by atoms with Crippen molar-refractivity contribution < 1.29 is 0 Å². The van der Waals surface area contributed by atoms with Crippen LogP contribution in [0.1, 0.15) is 5.56 Å². The number of nitrogens with zero attached hydrogens (tertiary/aromatic N) is 1. The molecule has 7 heteroatoms. The van der Waals surface area contributed by atoms with E-state index in [1.54, 1.807) is 17.4 Å². The fraction of sp³-hybridized carbons (Fsp3) is 0. The molecule has 0 saturated heterocycles. The van der Waals surface area contributed by atoms with E-state index >= 15 is 0 Å². The maximum Gasteiger partial charge on any atom is 0.125 e. The van der Waals surface area contributed by atoms with Crippen LogP contribution in [0.3, 0.4) is 0 Å². The highest BCUT2D eigenvalue weighted by Gasteiger charge is 2.06. The van der Waals surface area contributed by atoms with Crippen LogP contribution in [0.4, 0.5) is 5.82 Å². The number of nitrogen functional groups attached to an aromatic ring is 1. The molecule has 92 valence electrons. The third-order valence-electron chi connectivity index (χ3n) is 2.11. The van der Waals surface area contributed by atoms with Gasteiger partial charge in [0.1, 0.15) is 5.82 Å². The van der Waals surface area contributed by atoms with E-state index in [0.717, 1.165) is 16.5 Å². The van der Waals surface area contributed by atoms with Crippen LogP contribution >= 0.6 is 69.5 Å². The zero-order valence-corrected chi connectivity index (χ0v) is 15.6. The van der Waals surface area contributed by atoms with E-state index in [1.165, 1.54) is 0 Å². The Morgan fingerprint density at radius 3 is 2.89 bits per heavy atom. The average Bonchev–Trinajstić information content (AvgIpc) is 2.27. The van der Waals surface area contributed by atoms with Gasteiger partial charge in [-0.15, -0.1) is 0 Å². The largest absolute Gasteiger partial charge is 0.384 e. The molecule has 2 aromatic rings. The molecule has 0 radical (unpaired) electrons. The van der Waals surface area contributed by atoms with E-state index in [9.17, 15) is 0 Å². The molecule has 1 heterocycles. The molecule has 18 heavy (non-hydrogen) atoms. The number of fused-ring (bicyclic) bond motifs is 1. The maximum absolute atomic E-state index is 6.22. The van der Waals surface area contributed by atoms with E-state index < -0.39 is 0 Å². The first-order valence-corrected chi connectivity index (χ1v) is 13.4. The van der Waals surface area contributed by atoms with Crippen molar-refractivity contribution in [3.63, 3.8) is 0 Å². The number of aromatic nitrogens is 1. The van der Waals surface area contributed by atoms with Crippen LogP contribution in [-0.4, -0.2) is 4.98 Å². The molecule has 2 N–H and O–H groups in total. The summed E-state index contributed by atoms with van der Waals surface area (Å²) < 4.78 is -0.138. The first-order chi connectivity index (χ1) is 8.58. The Hall–Kier alpha value is 0.520. The van der Waals surface area contributed by atoms with Crippen LogP contribution in [0.5, 0.6) is 0 Å². The fourth-order valence-corrected chi connectivity index (χ4v) is 4.13. The van der Waals surface area contributed by atoms with Crippen molar-refractivity contribution in [3.8, 4) is 11.2 Å². The van der Waals surface area contributed by atoms with E-state index in [-0.39, 0.29) is 2.41 Å². The van der Waals surface area contributed by atoms with Gasteiger partial charge in [-0.3, -0.25) is 0 Å². The number of halogens is 3. The van der Waals surface area contributed by atoms with Gasteiger partial charge in [-0.05, 0) is 78.9 Å². The van der Waals surface area contributed by atoms with Crippen molar-refractivity contribution in [1.82, 2.24) is 4.98 Å². The van der Waals surface area contributed by atoms with Gasteiger partial charge in [0.15, 0.2) is 0 Å². The summed E-state index contributed by atoms with van der Waals surface area (Å²) >= 11 is 12.6. The molecular weight excluding hydrogens is 512 g/mol. The Balaban J connectivity index is 2.54. The molecular formula is C11H6ClI2N2PS. The second kappa shape index (κ2) is 6.80. The molecule has 0 aliphatic rings. The van der Waals surface area contributed by atoms with Crippen LogP contribution in [0.15, 0.2) is 24.3 Å². The maximum atomic E-state index is 6.22. The van der Waals surface area contributed by atoms with Gasteiger partial charge in [0, 0.05) is 10.9 Å². The Kier molecular flexibility index (Phi) is 5.63. The quantitative estimate of drug-likeness (QED) is 0.303. The lowest BCUT2D eigenvalue weighted by Crippen LogP contribution is -1.92. The Morgan fingerprint density at radius 2 is 2.17 bits per heavy atom. The van der Waals surface area contributed by atoms with Crippen molar-refractivity contribution in [2.24, 2.45) is 0 Å². The standard InChI is InChI=1S/C11H6ClI2N2PS/c12-8-6-10(15)16-9-3-1-2-7(11(8)9)4-5-18-17(13)14/h1-3,6H,(H2,15,16). The highest BCUT2D eigenvalue weighted by atomic mass is 127. The van der Waals surface area contributed by atoms with Crippen LogP contribution in [0, 0.1) is 11.2 Å². The predicted octanol–water partition coefficient (Wildman–Crippen LogP) is 5.61. The second-order valence-electron chi connectivity index (χ2n) is 3.25. The third-order valence-corrected chi connectivity index (χ3v) is 6.97. The lowest BCUT2D eigenvalue weighted by Gasteiger charge is -2.03. The van der Waals surface area contributed by atoms with Gasteiger partial charge in [-0.2, -0.15) is 0 Å². The first kappa shape index (κ1) is 14.9. The molecule has 0 aliphatic heterocycles. The Labute approximate surface area is 141 Å². The molecule has 0 spiro atoms. The molecule has 0 saturated carbocycles. The molecule has 1 aromatic carbocycles. The summed E-state index contributed by atoms with van der Waals surface area (Å²) in [5.74, 6) is 3.56. The first-order valence-electron chi connectivity index (χ1n) is 4.72. The number of hydrogen-bond donors (Lipinski definition) is 1. The predicted molar refractivity (Wildman–Crippen MR) is 101 cm³/mol. The molecule has 0 bridgehead atoms. The summed E-state index contributed by atoms with van der Waals surface area (Å²) in [6.07, 6.45) is 0. The normalized spacial score (nSPS) is 10.4. The van der Waals surface area contributed by atoms with Gasteiger partial charge in [0.05, 0.1) is 12.9 Å².